The highest BCUT2D eigenvalue weighted by molar-refractivity contribution is 4.90. The minimum Gasteiger partial charge on any atom is -0.366 e. The van der Waals surface area contributed by atoms with Crippen molar-refractivity contribution < 1.29 is 22.6 Å². The van der Waals surface area contributed by atoms with Gasteiger partial charge >= 0.3 is 6.18 Å². The summed E-state index contributed by atoms with van der Waals surface area (Å²) in [7, 11) is 3.35. The predicted molar refractivity (Wildman–Crippen MR) is 79.2 cm³/mol. The molecule has 4 unspecified atom stereocenters. The van der Waals surface area contributed by atoms with Crippen LogP contribution < -0.4 is 21.3 Å². The average molecular weight is 340 g/mol. The summed E-state index contributed by atoms with van der Waals surface area (Å²) < 4.78 is 48.4. The van der Waals surface area contributed by atoms with Crippen molar-refractivity contribution in [1.82, 2.24) is 21.3 Å². The lowest BCUT2D eigenvalue weighted by Crippen LogP contribution is -2.70. The Morgan fingerprint density at radius 1 is 1.13 bits per heavy atom. The summed E-state index contributed by atoms with van der Waals surface area (Å²) in [6, 6.07) is 0. The summed E-state index contributed by atoms with van der Waals surface area (Å²) in [5, 5.41) is 12.4. The molecule has 1 saturated heterocycles. The predicted octanol–water partition coefficient (Wildman–Crippen LogP) is 0.913. The highest BCUT2D eigenvalue weighted by atomic mass is 19.4. The van der Waals surface area contributed by atoms with Crippen LogP contribution in [0.5, 0.6) is 0 Å². The molecule has 4 atom stereocenters. The van der Waals surface area contributed by atoms with Crippen molar-refractivity contribution in [2.45, 2.75) is 50.6 Å². The first kappa shape index (κ1) is 18.9. The fourth-order valence-electron chi connectivity index (χ4n) is 3.48. The van der Waals surface area contributed by atoms with Gasteiger partial charge in [-0.1, -0.05) is 12.8 Å². The van der Waals surface area contributed by atoms with Crippen molar-refractivity contribution in [2.75, 3.05) is 27.4 Å². The highest BCUT2D eigenvalue weighted by Crippen LogP contribution is 2.37. The topological polar surface area (TPSA) is 66.6 Å². The molecule has 1 heterocycles. The Labute approximate surface area is 134 Å². The zero-order valence-electron chi connectivity index (χ0n) is 13.6. The first-order chi connectivity index (χ1) is 10.9. The number of methoxy groups -OCH3 is 1. The van der Waals surface area contributed by atoms with Crippen LogP contribution in [0.4, 0.5) is 13.2 Å². The number of rotatable bonds is 7. The van der Waals surface area contributed by atoms with Gasteiger partial charge in [0.05, 0.1) is 0 Å². The smallest absolute Gasteiger partial charge is 0.366 e. The summed E-state index contributed by atoms with van der Waals surface area (Å²) >= 11 is 0. The Hall–Kier alpha value is -0.450. The number of alkyl halides is 3. The van der Waals surface area contributed by atoms with Crippen LogP contribution in [-0.2, 0) is 9.47 Å². The molecule has 0 amide bonds. The molecular formula is C14H27F3N4O2. The van der Waals surface area contributed by atoms with Gasteiger partial charge in [0.15, 0.2) is 0 Å². The summed E-state index contributed by atoms with van der Waals surface area (Å²) in [5.74, 6) is 0.140. The van der Waals surface area contributed by atoms with E-state index < -0.39 is 19.0 Å². The Kier molecular flexibility index (Phi) is 7.05. The van der Waals surface area contributed by atoms with E-state index in [4.69, 9.17) is 9.47 Å². The van der Waals surface area contributed by atoms with Gasteiger partial charge in [-0.15, -0.1) is 0 Å². The third-order valence-electron chi connectivity index (χ3n) is 4.47. The largest absolute Gasteiger partial charge is 0.411 e. The maximum absolute atomic E-state index is 12.6. The van der Waals surface area contributed by atoms with Crippen LogP contribution in [0.25, 0.3) is 0 Å². The van der Waals surface area contributed by atoms with Crippen LogP contribution in [0.1, 0.15) is 25.7 Å². The van der Waals surface area contributed by atoms with Crippen LogP contribution in [0, 0.1) is 11.8 Å². The van der Waals surface area contributed by atoms with Gasteiger partial charge in [0.1, 0.15) is 25.4 Å². The van der Waals surface area contributed by atoms with E-state index in [0.29, 0.717) is 12.6 Å². The molecule has 2 aliphatic rings. The third kappa shape index (κ3) is 5.54. The molecule has 0 bridgehead atoms. The summed E-state index contributed by atoms with van der Waals surface area (Å²) in [4.78, 5) is 0. The Bertz CT molecular complexity index is 353. The van der Waals surface area contributed by atoms with Crippen LogP contribution in [0.15, 0.2) is 0 Å². The van der Waals surface area contributed by atoms with Gasteiger partial charge in [0.2, 0.25) is 0 Å². The van der Waals surface area contributed by atoms with E-state index in [1.807, 2.05) is 0 Å². The molecule has 6 nitrogen and oxygen atoms in total. The van der Waals surface area contributed by atoms with Crippen LogP contribution >= 0.6 is 0 Å². The van der Waals surface area contributed by atoms with E-state index in [2.05, 4.69) is 21.3 Å². The average Bonchev–Trinajstić information content (AvgIpc) is 3.03. The van der Waals surface area contributed by atoms with Gasteiger partial charge in [-0.05, 0) is 25.8 Å². The lowest BCUT2D eigenvalue weighted by molar-refractivity contribution is -0.215. The normalized spacial score (nSPS) is 33.3. The first-order valence-corrected chi connectivity index (χ1v) is 8.06. The van der Waals surface area contributed by atoms with E-state index >= 15 is 0 Å². The first-order valence-electron chi connectivity index (χ1n) is 8.06. The van der Waals surface area contributed by atoms with E-state index in [1.165, 1.54) is 0 Å². The fourth-order valence-corrected chi connectivity index (χ4v) is 3.48. The minimum atomic E-state index is -4.34. The van der Waals surface area contributed by atoms with Gasteiger partial charge in [-0.25, -0.2) is 0 Å². The standard InChI is InChI=1S/C14H27F3N4O2/c1-18-8-19-13-20-11(22-2)10(9-5-3-4-6-9)12(21-13)23-7-14(15,16)17/h9-13,18-21H,3-8H2,1-2H3. The zero-order chi connectivity index (χ0) is 16.9. The molecule has 0 aromatic rings. The van der Waals surface area contributed by atoms with Crippen molar-refractivity contribution >= 4 is 0 Å². The molecule has 4 N–H and O–H groups in total. The van der Waals surface area contributed by atoms with Crippen LogP contribution in [-0.4, -0.2) is 52.4 Å². The molecule has 9 heteroatoms. The van der Waals surface area contributed by atoms with Crippen molar-refractivity contribution in [1.29, 1.82) is 0 Å². The maximum Gasteiger partial charge on any atom is 0.411 e. The van der Waals surface area contributed by atoms with Crippen LogP contribution in [0.3, 0.4) is 0 Å². The van der Waals surface area contributed by atoms with Gasteiger partial charge in [0, 0.05) is 19.7 Å². The Morgan fingerprint density at radius 3 is 2.35 bits per heavy atom. The maximum atomic E-state index is 12.6. The zero-order valence-corrected chi connectivity index (χ0v) is 13.6. The minimum absolute atomic E-state index is 0.155. The lowest BCUT2D eigenvalue weighted by atomic mass is 9.86. The molecule has 0 aromatic carbocycles. The van der Waals surface area contributed by atoms with E-state index in [-0.39, 0.29) is 18.4 Å². The molecule has 1 aliphatic carbocycles. The van der Waals surface area contributed by atoms with Crippen molar-refractivity contribution in [2.24, 2.45) is 11.8 Å². The fraction of sp³-hybridized carbons (Fsp3) is 1.00. The molecule has 136 valence electrons. The third-order valence-corrected chi connectivity index (χ3v) is 4.47. The van der Waals surface area contributed by atoms with Gasteiger partial charge in [-0.2, -0.15) is 13.2 Å². The quantitative estimate of drug-likeness (QED) is 0.517. The number of halogens is 3. The van der Waals surface area contributed by atoms with E-state index in [9.17, 15) is 13.2 Å². The van der Waals surface area contributed by atoms with Crippen molar-refractivity contribution in [3.05, 3.63) is 0 Å². The highest BCUT2D eigenvalue weighted by Gasteiger charge is 2.44. The van der Waals surface area contributed by atoms with Crippen LogP contribution in [0.2, 0.25) is 0 Å². The summed E-state index contributed by atoms with van der Waals surface area (Å²) in [5.41, 5.74) is 0. The molecule has 1 aliphatic heterocycles. The number of ether oxygens (including phenoxy) is 2. The Morgan fingerprint density at radius 2 is 1.78 bits per heavy atom. The molecule has 2 fully saturated rings. The number of hydrogen-bond acceptors (Lipinski definition) is 6. The van der Waals surface area contributed by atoms with Gasteiger partial charge in [-0.3, -0.25) is 16.0 Å². The molecule has 0 aromatic heterocycles. The van der Waals surface area contributed by atoms with E-state index in [1.54, 1.807) is 14.2 Å². The second kappa shape index (κ2) is 8.59. The van der Waals surface area contributed by atoms with Crippen molar-refractivity contribution in [3.63, 3.8) is 0 Å². The lowest BCUT2D eigenvalue weighted by Gasteiger charge is -2.45. The molecule has 0 spiro atoms. The SMILES string of the molecule is CNCNC1NC(OC)C(C2CCCC2)C(OCC(F)(F)F)N1. The molecular weight excluding hydrogens is 313 g/mol. The van der Waals surface area contributed by atoms with Gasteiger partial charge in [0.25, 0.3) is 0 Å². The second-order valence-electron chi connectivity index (χ2n) is 6.13. The van der Waals surface area contributed by atoms with Crippen molar-refractivity contribution in [3.8, 4) is 0 Å². The van der Waals surface area contributed by atoms with E-state index in [0.717, 1.165) is 25.7 Å². The van der Waals surface area contributed by atoms with Gasteiger partial charge < -0.3 is 14.8 Å². The summed E-state index contributed by atoms with van der Waals surface area (Å²) in [6.07, 6.45) is -1.60. The molecule has 0 radical (unpaired) electrons. The molecule has 23 heavy (non-hydrogen) atoms. The monoisotopic (exact) mass is 340 g/mol. The molecule has 1 saturated carbocycles. The Balaban J connectivity index is 2.06. The molecule has 2 rings (SSSR count). The number of nitrogens with one attached hydrogen (secondary N) is 4. The summed E-state index contributed by atoms with van der Waals surface area (Å²) in [6.45, 7) is -0.760. The second-order valence-corrected chi connectivity index (χ2v) is 6.13. The number of hydrogen-bond donors (Lipinski definition) is 4.